The van der Waals surface area contributed by atoms with Crippen LogP contribution in [0.25, 0.3) is 0 Å². The Morgan fingerprint density at radius 1 is 1.44 bits per heavy atom. The van der Waals surface area contributed by atoms with Crippen LogP contribution in [0.3, 0.4) is 0 Å². The summed E-state index contributed by atoms with van der Waals surface area (Å²) in [7, 11) is -0.115. The topological polar surface area (TPSA) is 75.4 Å². The van der Waals surface area contributed by atoms with Gasteiger partial charge in [0.15, 0.2) is 0 Å². The third-order valence-electron chi connectivity index (χ3n) is 2.62. The predicted molar refractivity (Wildman–Crippen MR) is 78.8 cm³/mol. The van der Waals surface area contributed by atoms with Crippen LogP contribution in [-0.2, 0) is 10.0 Å². The number of anilines is 2. The smallest absolute Gasteiger partial charge is 0.240 e. The molecule has 0 spiro atoms. The molecule has 0 aliphatic carbocycles. The number of benzene rings is 1. The van der Waals surface area contributed by atoms with Crippen LogP contribution < -0.4 is 15.4 Å². The van der Waals surface area contributed by atoms with Gasteiger partial charge in [-0.25, -0.2) is 13.1 Å². The Bertz CT molecular complexity index is 503. The van der Waals surface area contributed by atoms with Crippen molar-refractivity contribution in [3.63, 3.8) is 0 Å². The first-order chi connectivity index (χ1) is 8.42. The summed E-state index contributed by atoms with van der Waals surface area (Å²) in [5.74, 6) is 0.993. The van der Waals surface area contributed by atoms with E-state index >= 15 is 0 Å². The molecule has 1 aromatic rings. The first-order valence-electron chi connectivity index (χ1n) is 5.45. The molecule has 18 heavy (non-hydrogen) atoms. The van der Waals surface area contributed by atoms with Gasteiger partial charge in [0.25, 0.3) is 0 Å². The van der Waals surface area contributed by atoms with E-state index in [0.29, 0.717) is 5.69 Å². The average molecular weight is 289 g/mol. The van der Waals surface area contributed by atoms with Crippen molar-refractivity contribution in [2.45, 2.75) is 4.90 Å². The van der Waals surface area contributed by atoms with Crippen LogP contribution in [-0.4, -0.2) is 41.1 Å². The standard InChI is InChI=1S/C11H19N3O2S2/c1-13-18(15,16)9-4-5-11(10(12)8-9)14(2)6-7-17-3/h4-5,8,13H,6-7,12H2,1-3H3. The van der Waals surface area contributed by atoms with Crippen molar-refractivity contribution in [1.29, 1.82) is 0 Å². The number of hydrogen-bond donors (Lipinski definition) is 2. The van der Waals surface area contributed by atoms with Crippen molar-refractivity contribution >= 4 is 33.2 Å². The van der Waals surface area contributed by atoms with Gasteiger partial charge in [0.2, 0.25) is 10.0 Å². The average Bonchev–Trinajstić information content (AvgIpc) is 2.35. The normalized spacial score (nSPS) is 11.5. The van der Waals surface area contributed by atoms with Crippen LogP contribution in [0.4, 0.5) is 11.4 Å². The molecular formula is C11H19N3O2S2. The first kappa shape index (κ1) is 15.1. The highest BCUT2D eigenvalue weighted by atomic mass is 32.2. The maximum atomic E-state index is 11.6. The van der Waals surface area contributed by atoms with Crippen LogP contribution in [0.1, 0.15) is 0 Å². The van der Waals surface area contributed by atoms with Gasteiger partial charge < -0.3 is 10.6 Å². The highest BCUT2D eigenvalue weighted by Crippen LogP contribution is 2.25. The molecule has 0 aliphatic rings. The molecule has 0 atom stereocenters. The van der Waals surface area contributed by atoms with Crippen LogP contribution >= 0.6 is 11.8 Å². The maximum Gasteiger partial charge on any atom is 0.240 e. The second kappa shape index (κ2) is 6.31. The molecule has 5 nitrogen and oxygen atoms in total. The summed E-state index contributed by atoms with van der Waals surface area (Å²) in [6.45, 7) is 0.865. The van der Waals surface area contributed by atoms with E-state index in [1.54, 1.807) is 23.9 Å². The maximum absolute atomic E-state index is 11.6. The van der Waals surface area contributed by atoms with Gasteiger partial charge in [0.05, 0.1) is 16.3 Å². The van der Waals surface area contributed by atoms with Crippen LogP contribution in [0.15, 0.2) is 23.1 Å². The zero-order chi connectivity index (χ0) is 13.8. The molecule has 102 valence electrons. The molecule has 0 aliphatic heterocycles. The van der Waals surface area contributed by atoms with Crippen LogP contribution in [0.2, 0.25) is 0 Å². The Balaban J connectivity index is 3.00. The second-order valence-corrected chi connectivity index (χ2v) is 6.71. The van der Waals surface area contributed by atoms with E-state index in [4.69, 9.17) is 5.73 Å². The van der Waals surface area contributed by atoms with Gasteiger partial charge >= 0.3 is 0 Å². The summed E-state index contributed by atoms with van der Waals surface area (Å²) in [5, 5.41) is 0. The van der Waals surface area contributed by atoms with Crippen molar-refractivity contribution < 1.29 is 8.42 Å². The van der Waals surface area contributed by atoms with Crippen molar-refractivity contribution in [1.82, 2.24) is 4.72 Å². The molecule has 0 fully saturated rings. The lowest BCUT2D eigenvalue weighted by atomic mass is 10.2. The molecule has 0 aromatic heterocycles. The van der Waals surface area contributed by atoms with Gasteiger partial charge in [-0.2, -0.15) is 11.8 Å². The van der Waals surface area contributed by atoms with E-state index in [1.807, 2.05) is 18.2 Å². The van der Waals surface area contributed by atoms with Gasteiger partial charge in [-0.15, -0.1) is 0 Å². The summed E-state index contributed by atoms with van der Waals surface area (Å²) >= 11 is 1.75. The largest absolute Gasteiger partial charge is 0.397 e. The molecule has 0 unspecified atom stereocenters. The van der Waals surface area contributed by atoms with Gasteiger partial charge in [-0.1, -0.05) is 0 Å². The summed E-state index contributed by atoms with van der Waals surface area (Å²) < 4.78 is 25.5. The third kappa shape index (κ3) is 3.54. The molecule has 3 N–H and O–H groups in total. The Morgan fingerprint density at radius 3 is 2.61 bits per heavy atom. The van der Waals surface area contributed by atoms with Crippen LogP contribution in [0, 0.1) is 0 Å². The number of rotatable bonds is 6. The molecule has 0 heterocycles. The first-order valence-corrected chi connectivity index (χ1v) is 8.33. The van der Waals surface area contributed by atoms with Crippen molar-refractivity contribution in [2.75, 3.05) is 43.3 Å². The van der Waals surface area contributed by atoms with Gasteiger partial charge in [-0.3, -0.25) is 0 Å². The van der Waals surface area contributed by atoms with Crippen molar-refractivity contribution in [3.05, 3.63) is 18.2 Å². The van der Waals surface area contributed by atoms with Crippen LogP contribution in [0.5, 0.6) is 0 Å². The van der Waals surface area contributed by atoms with E-state index in [1.165, 1.54) is 13.1 Å². The molecule has 0 bridgehead atoms. The summed E-state index contributed by atoms with van der Waals surface area (Å²) in [5.41, 5.74) is 7.22. The summed E-state index contributed by atoms with van der Waals surface area (Å²) in [6, 6.07) is 4.78. The highest BCUT2D eigenvalue weighted by molar-refractivity contribution is 7.98. The number of nitrogens with two attached hydrogens (primary N) is 1. The van der Waals surface area contributed by atoms with Crippen molar-refractivity contribution in [3.8, 4) is 0 Å². The Hall–Kier alpha value is -0.920. The number of nitrogen functional groups attached to an aromatic ring is 1. The molecule has 0 saturated carbocycles. The second-order valence-electron chi connectivity index (χ2n) is 3.84. The minimum atomic E-state index is -3.43. The summed E-state index contributed by atoms with van der Waals surface area (Å²) in [4.78, 5) is 2.20. The third-order valence-corrected chi connectivity index (χ3v) is 4.62. The number of thioether (sulfide) groups is 1. The lowest BCUT2D eigenvalue weighted by molar-refractivity contribution is 0.588. The van der Waals surface area contributed by atoms with E-state index in [-0.39, 0.29) is 4.90 Å². The zero-order valence-corrected chi connectivity index (χ0v) is 12.4. The Kier molecular flexibility index (Phi) is 5.30. The van der Waals surface area contributed by atoms with E-state index in [2.05, 4.69) is 4.72 Å². The molecule has 0 radical (unpaired) electrons. The number of nitrogens with zero attached hydrogens (tertiary/aromatic N) is 1. The number of nitrogens with one attached hydrogen (secondary N) is 1. The molecular weight excluding hydrogens is 270 g/mol. The minimum Gasteiger partial charge on any atom is -0.397 e. The molecule has 7 heteroatoms. The fraction of sp³-hybridized carbons (Fsp3) is 0.455. The van der Waals surface area contributed by atoms with E-state index in [9.17, 15) is 8.42 Å². The fourth-order valence-electron chi connectivity index (χ4n) is 1.51. The Labute approximate surface area is 113 Å². The zero-order valence-electron chi connectivity index (χ0n) is 10.8. The van der Waals surface area contributed by atoms with Gasteiger partial charge in [0.1, 0.15) is 0 Å². The van der Waals surface area contributed by atoms with Gasteiger partial charge in [-0.05, 0) is 31.5 Å². The molecule has 0 amide bonds. The monoisotopic (exact) mass is 289 g/mol. The lowest BCUT2D eigenvalue weighted by Gasteiger charge is -2.21. The molecule has 0 saturated heterocycles. The van der Waals surface area contributed by atoms with E-state index < -0.39 is 10.0 Å². The number of hydrogen-bond acceptors (Lipinski definition) is 5. The highest BCUT2D eigenvalue weighted by Gasteiger charge is 2.14. The molecule has 1 rings (SSSR count). The quantitative estimate of drug-likeness (QED) is 0.763. The fourth-order valence-corrected chi connectivity index (χ4v) is 2.74. The lowest BCUT2D eigenvalue weighted by Crippen LogP contribution is -2.22. The van der Waals surface area contributed by atoms with E-state index in [0.717, 1.165) is 18.0 Å². The molecule has 1 aromatic carbocycles. The SMILES string of the molecule is CNS(=O)(=O)c1ccc(N(C)CCSC)c(N)c1. The Morgan fingerprint density at radius 2 is 2.11 bits per heavy atom. The minimum absolute atomic E-state index is 0.185. The number of sulfonamides is 1. The predicted octanol–water partition coefficient (Wildman–Crippen LogP) is 0.976. The summed E-state index contributed by atoms with van der Waals surface area (Å²) in [6.07, 6.45) is 2.04. The van der Waals surface area contributed by atoms with Crippen molar-refractivity contribution in [2.24, 2.45) is 0 Å². The van der Waals surface area contributed by atoms with Gasteiger partial charge in [0, 0.05) is 19.3 Å².